The van der Waals surface area contributed by atoms with Gasteiger partial charge in [-0.3, -0.25) is 4.99 Å². The molecule has 1 unspecified atom stereocenters. The molecule has 0 saturated carbocycles. The largest absolute Gasteiger partial charge is 0.508 e. The van der Waals surface area contributed by atoms with Gasteiger partial charge in [-0.2, -0.15) is 0 Å². The number of nitrogens with two attached hydrogens (primary N) is 2. The topological polar surface area (TPSA) is 126 Å². The van der Waals surface area contributed by atoms with E-state index in [4.69, 9.17) is 16.2 Å². The Morgan fingerprint density at radius 2 is 1.51 bits per heavy atom. The first-order valence-corrected chi connectivity index (χ1v) is 13.2. The molecule has 1 atom stereocenters. The van der Waals surface area contributed by atoms with Crippen LogP contribution in [0.15, 0.2) is 68.4 Å². The number of nitrogens with zero attached hydrogens (tertiary/aromatic N) is 2. The summed E-state index contributed by atoms with van der Waals surface area (Å²) < 4.78 is 6.54. The van der Waals surface area contributed by atoms with Crippen LogP contribution in [0.2, 0.25) is 0 Å². The highest BCUT2D eigenvalue weighted by atomic mass is 16.5. The zero-order chi connectivity index (χ0) is 28.1. The van der Waals surface area contributed by atoms with Crippen molar-refractivity contribution in [3.8, 4) is 11.5 Å². The van der Waals surface area contributed by atoms with Gasteiger partial charge in [-0.15, -0.1) is 0 Å². The van der Waals surface area contributed by atoms with E-state index in [9.17, 15) is 10.3 Å². The first-order chi connectivity index (χ1) is 18.3. The van der Waals surface area contributed by atoms with Gasteiger partial charge in [0.15, 0.2) is 11.6 Å². The average molecular weight is 523 g/mol. The fourth-order valence-corrected chi connectivity index (χ4v) is 7.42. The van der Waals surface area contributed by atoms with Crippen molar-refractivity contribution in [2.75, 3.05) is 7.05 Å². The molecule has 3 aliphatic carbocycles. The molecule has 2 aromatic rings. The minimum Gasteiger partial charge on any atom is -0.508 e. The molecule has 1 heterocycles. The fourth-order valence-electron chi connectivity index (χ4n) is 7.42. The molecule has 0 aromatic heterocycles. The summed E-state index contributed by atoms with van der Waals surface area (Å²) in [6, 6.07) is 8.64. The summed E-state index contributed by atoms with van der Waals surface area (Å²) >= 11 is 0. The summed E-state index contributed by atoms with van der Waals surface area (Å²) in [6.07, 6.45) is 2.42. The van der Waals surface area contributed by atoms with E-state index in [1.807, 2.05) is 13.0 Å². The summed E-state index contributed by atoms with van der Waals surface area (Å²) in [5.74, 6) is 1.84. The maximum absolute atomic E-state index is 10.6. The molecule has 0 radical (unpaired) electrons. The van der Waals surface area contributed by atoms with E-state index >= 15 is 0 Å². The fraction of sp³-hybridized carbons (Fsp3) is 0.375. The Balaban J connectivity index is 1.56. The minimum atomic E-state index is -0.180. The van der Waals surface area contributed by atoms with Crippen molar-refractivity contribution in [1.29, 1.82) is 0 Å². The van der Waals surface area contributed by atoms with Gasteiger partial charge in [-0.05, 0) is 76.1 Å². The predicted molar refractivity (Wildman–Crippen MR) is 152 cm³/mol. The van der Waals surface area contributed by atoms with Gasteiger partial charge < -0.3 is 26.5 Å². The Kier molecular flexibility index (Phi) is 5.10. The zero-order valence-corrected chi connectivity index (χ0v) is 23.3. The highest BCUT2D eigenvalue weighted by Gasteiger charge is 2.56. The van der Waals surface area contributed by atoms with Crippen molar-refractivity contribution in [2.24, 2.45) is 21.6 Å². The Hall–Kier alpha value is -4.18. The second kappa shape index (κ2) is 7.92. The monoisotopic (exact) mass is 522 g/mol. The smallest absolute Gasteiger partial charge is 0.179 e. The first kappa shape index (κ1) is 25.1. The number of aliphatic imine (C=N–C) groups is 1. The van der Waals surface area contributed by atoms with Gasteiger partial charge in [-0.1, -0.05) is 56.4 Å². The van der Waals surface area contributed by atoms with E-state index in [1.54, 1.807) is 7.05 Å². The lowest BCUT2D eigenvalue weighted by atomic mass is 9.72. The molecule has 0 saturated heterocycles. The van der Waals surface area contributed by atoms with Crippen LogP contribution in [0.3, 0.4) is 0 Å². The standard InChI is InChI=1S/C32H34N4O3/c1-16-9-23-21(12-25(16)37)30(2,3)14-32(23)15-31(4,5)22-13-26-17(11-24(22)32)10-20-18(29(34)36-38)7-8-19(27(20)39-26)28(33)35-6/h9,11-13,37-38H,10,14-15H2,1-6H3,(H2,33,35)(H2,34,36). The SMILES string of the molecule is CN=C(N)C1=C=C=C(/C(N)=N/O)C2=C1Oc1cc3c(cc1C2)C1(CC(C)(C)c2cc(O)c(C)cc21)CC3(C)C. The Labute approximate surface area is 228 Å². The number of aromatic hydroxyl groups is 1. The van der Waals surface area contributed by atoms with Crippen LogP contribution in [0, 0.1) is 6.92 Å². The average Bonchev–Trinajstić information content (AvgIpc) is 3.24. The number of phenolic OH excluding ortho intramolecular Hbond substituents is 1. The number of ether oxygens (including phenoxy) is 1. The van der Waals surface area contributed by atoms with Crippen LogP contribution in [-0.2, 0) is 22.7 Å². The Morgan fingerprint density at radius 3 is 2.15 bits per heavy atom. The maximum atomic E-state index is 10.6. The Morgan fingerprint density at radius 1 is 0.897 bits per heavy atom. The molecule has 2 aromatic carbocycles. The molecular weight excluding hydrogens is 488 g/mol. The molecule has 7 nitrogen and oxygen atoms in total. The minimum absolute atomic E-state index is 0.0615. The summed E-state index contributed by atoms with van der Waals surface area (Å²) in [5, 5.41) is 23.2. The molecule has 6 rings (SSSR count). The van der Waals surface area contributed by atoms with Crippen LogP contribution in [0.5, 0.6) is 11.5 Å². The quantitative estimate of drug-likeness (QED) is 0.147. The third kappa shape index (κ3) is 3.37. The van der Waals surface area contributed by atoms with Crippen molar-refractivity contribution < 1.29 is 15.1 Å². The van der Waals surface area contributed by atoms with Gasteiger partial charge in [-0.25, -0.2) is 0 Å². The van der Waals surface area contributed by atoms with Gasteiger partial charge in [0.25, 0.3) is 0 Å². The van der Waals surface area contributed by atoms with Gasteiger partial charge in [0.2, 0.25) is 0 Å². The normalized spacial score (nSPS) is 24.1. The van der Waals surface area contributed by atoms with Crippen molar-refractivity contribution in [3.05, 3.63) is 91.6 Å². The van der Waals surface area contributed by atoms with Crippen molar-refractivity contribution in [3.63, 3.8) is 0 Å². The molecule has 39 heavy (non-hydrogen) atoms. The van der Waals surface area contributed by atoms with Gasteiger partial charge >= 0.3 is 0 Å². The molecule has 1 spiro atoms. The van der Waals surface area contributed by atoms with E-state index in [0.29, 0.717) is 29.1 Å². The van der Waals surface area contributed by atoms with Gasteiger partial charge in [0.05, 0.1) is 5.57 Å². The van der Waals surface area contributed by atoms with E-state index in [-0.39, 0.29) is 27.9 Å². The number of benzene rings is 2. The molecule has 4 aliphatic rings. The van der Waals surface area contributed by atoms with Crippen LogP contribution in [0.1, 0.15) is 73.9 Å². The molecule has 200 valence electrons. The number of aryl methyl sites for hydroxylation is 1. The van der Waals surface area contributed by atoms with Gasteiger partial charge in [0.1, 0.15) is 22.9 Å². The number of hydrogen-bond donors (Lipinski definition) is 4. The summed E-state index contributed by atoms with van der Waals surface area (Å²) in [4.78, 5) is 4.13. The van der Waals surface area contributed by atoms with Crippen LogP contribution in [0.25, 0.3) is 0 Å². The number of amidine groups is 2. The van der Waals surface area contributed by atoms with E-state index in [0.717, 1.165) is 35.3 Å². The molecule has 0 amide bonds. The zero-order valence-electron chi connectivity index (χ0n) is 23.3. The van der Waals surface area contributed by atoms with Crippen molar-refractivity contribution in [2.45, 2.75) is 70.1 Å². The molecule has 1 aliphatic heterocycles. The lowest BCUT2D eigenvalue weighted by molar-refractivity contribution is 0.318. The summed E-state index contributed by atoms with van der Waals surface area (Å²) in [6.45, 7) is 11.1. The molecule has 7 heteroatoms. The van der Waals surface area contributed by atoms with Crippen LogP contribution in [0.4, 0.5) is 0 Å². The van der Waals surface area contributed by atoms with Crippen molar-refractivity contribution >= 4 is 11.7 Å². The lowest BCUT2D eigenvalue weighted by Crippen LogP contribution is -2.28. The van der Waals surface area contributed by atoms with Crippen LogP contribution < -0.4 is 16.2 Å². The Bertz CT molecular complexity index is 1690. The second-order valence-electron chi connectivity index (χ2n) is 12.6. The highest BCUT2D eigenvalue weighted by molar-refractivity contribution is 6.05. The van der Waals surface area contributed by atoms with E-state index in [1.165, 1.54) is 22.3 Å². The third-order valence-corrected chi connectivity index (χ3v) is 9.07. The number of rotatable bonds is 2. The molecule has 6 N–H and O–H groups in total. The molecule has 0 bridgehead atoms. The predicted octanol–water partition coefficient (Wildman–Crippen LogP) is 4.89. The number of oxime groups is 1. The van der Waals surface area contributed by atoms with Crippen LogP contribution in [-0.4, -0.2) is 29.0 Å². The number of fused-ring (bicyclic) bond motifs is 5. The lowest BCUT2D eigenvalue weighted by Gasteiger charge is -2.31. The summed E-state index contributed by atoms with van der Waals surface area (Å²) in [7, 11) is 1.61. The van der Waals surface area contributed by atoms with Crippen LogP contribution >= 0.6 is 0 Å². The highest BCUT2D eigenvalue weighted by Crippen LogP contribution is 2.64. The van der Waals surface area contributed by atoms with Gasteiger partial charge in [0, 0.05) is 24.5 Å². The number of hydrogen-bond acceptors (Lipinski definition) is 5. The maximum Gasteiger partial charge on any atom is 0.179 e. The second-order valence-corrected chi connectivity index (χ2v) is 12.6. The van der Waals surface area contributed by atoms with E-state index in [2.05, 4.69) is 67.5 Å². The molecule has 0 fully saturated rings. The van der Waals surface area contributed by atoms with E-state index < -0.39 is 0 Å². The third-order valence-electron chi connectivity index (χ3n) is 9.07. The number of phenols is 1. The first-order valence-electron chi connectivity index (χ1n) is 13.2. The molecular formula is C32H34N4O3. The van der Waals surface area contributed by atoms with Crippen molar-refractivity contribution in [1.82, 2.24) is 0 Å². The summed E-state index contributed by atoms with van der Waals surface area (Å²) in [5.41, 5.74) is 26.5.